The summed E-state index contributed by atoms with van der Waals surface area (Å²) in [7, 11) is 0. The highest BCUT2D eigenvalue weighted by Gasteiger charge is 2.59. The van der Waals surface area contributed by atoms with E-state index in [1.54, 1.807) is 24.3 Å². The zero-order valence-electron chi connectivity index (χ0n) is 41.6. The van der Waals surface area contributed by atoms with Crippen LogP contribution in [0.2, 0.25) is 0 Å². The lowest BCUT2D eigenvalue weighted by atomic mass is 9.61. The van der Waals surface area contributed by atoms with Gasteiger partial charge in [0.2, 0.25) is 0 Å². The molecule has 2 aliphatic heterocycles. The van der Waals surface area contributed by atoms with Crippen molar-refractivity contribution in [3.8, 4) is 33.4 Å². The largest absolute Gasteiger partial charge is 0.334 e. The van der Waals surface area contributed by atoms with Crippen molar-refractivity contribution in [2.75, 3.05) is 9.80 Å². The molecule has 0 saturated heterocycles. The molecule has 0 amide bonds. The summed E-state index contributed by atoms with van der Waals surface area (Å²) in [5.41, 5.74) is 13.4. The number of hydrogen-bond donors (Lipinski definition) is 0. The number of nitrogens with zero attached hydrogens (tertiary/aromatic N) is 2. The molecule has 10 aromatic rings. The minimum atomic E-state index is -0.224. The Kier molecular flexibility index (Phi) is 9.42. The van der Waals surface area contributed by atoms with Crippen molar-refractivity contribution >= 4 is 65.8 Å². The van der Waals surface area contributed by atoms with Crippen molar-refractivity contribution < 1.29 is 8.78 Å². The molecule has 0 aromatic heterocycles. The third kappa shape index (κ3) is 5.93. The summed E-state index contributed by atoms with van der Waals surface area (Å²) in [5.74, 6) is -0.415. The van der Waals surface area contributed by atoms with Crippen LogP contribution in [0.5, 0.6) is 0 Å². The van der Waals surface area contributed by atoms with Crippen molar-refractivity contribution in [1.82, 2.24) is 0 Å². The molecule has 2 aliphatic carbocycles. The van der Waals surface area contributed by atoms with Crippen LogP contribution >= 0.6 is 0 Å². The van der Waals surface area contributed by atoms with Crippen LogP contribution in [0.1, 0.15) is 90.2 Å². The Balaban J connectivity index is 1.08. The molecule has 0 bridgehead atoms. The lowest BCUT2D eigenvalue weighted by Crippen LogP contribution is -2.54. The molecule has 4 unspecified atom stereocenters. The molecule has 0 spiro atoms. The Morgan fingerprint density at radius 3 is 1.36 bits per heavy atom. The predicted molar refractivity (Wildman–Crippen MR) is 298 cm³/mol. The average molecular weight is 941 g/mol. The summed E-state index contributed by atoms with van der Waals surface area (Å²) in [5, 5.41) is 9.79. The second-order valence-corrected chi connectivity index (χ2v) is 22.5. The number of halogens is 2. The molecule has 0 N–H and O–H groups in total. The fraction of sp³-hybridized carbons (Fsp3) is 0.235. The first-order chi connectivity index (χ1) is 35.0. The lowest BCUT2D eigenvalue weighted by Gasteiger charge is -2.50. The van der Waals surface area contributed by atoms with E-state index >= 15 is 8.78 Å². The first-order valence-electron chi connectivity index (χ1n) is 26.3. The van der Waals surface area contributed by atoms with Gasteiger partial charge in [0.25, 0.3) is 0 Å². The van der Waals surface area contributed by atoms with E-state index in [9.17, 15) is 0 Å². The van der Waals surface area contributed by atoms with Crippen molar-refractivity contribution in [3.63, 3.8) is 0 Å². The fourth-order valence-corrected chi connectivity index (χ4v) is 15.1. The average Bonchev–Trinajstić information content (AvgIpc) is 3.75. The highest BCUT2D eigenvalue weighted by Crippen LogP contribution is 2.64. The number of anilines is 4. The van der Waals surface area contributed by atoms with E-state index in [4.69, 9.17) is 0 Å². The van der Waals surface area contributed by atoms with Gasteiger partial charge in [0.05, 0.1) is 11.1 Å². The van der Waals surface area contributed by atoms with Gasteiger partial charge in [0.1, 0.15) is 11.6 Å². The van der Waals surface area contributed by atoms with Gasteiger partial charge in [-0.1, -0.05) is 143 Å². The SMILES string of the molecule is CC12CCCCC1(C)N(c1cccc(F)c1)c1ccc(-c3c4ccccc4c(-c4ccc5c(c4)C4(C)CCCCC4(C)N5c4cccc(F)c4)c4cc5c(cc34)c(-c3ccccc3)cc3ccccc35)cc12. The van der Waals surface area contributed by atoms with Gasteiger partial charge >= 0.3 is 0 Å². The highest BCUT2D eigenvalue weighted by atomic mass is 19.1. The quantitative estimate of drug-likeness (QED) is 0.125. The van der Waals surface area contributed by atoms with Crippen LogP contribution in [0.15, 0.2) is 182 Å². The third-order valence-electron chi connectivity index (χ3n) is 19.0. The van der Waals surface area contributed by atoms with Gasteiger partial charge < -0.3 is 9.80 Å². The van der Waals surface area contributed by atoms with Gasteiger partial charge in [-0.05, 0) is 206 Å². The van der Waals surface area contributed by atoms with Gasteiger partial charge in [-0.2, -0.15) is 0 Å². The van der Waals surface area contributed by atoms with Crippen molar-refractivity contribution in [1.29, 1.82) is 0 Å². The summed E-state index contributed by atoms with van der Waals surface area (Å²) < 4.78 is 30.3. The molecule has 354 valence electrons. The number of rotatable bonds is 5. The fourth-order valence-electron chi connectivity index (χ4n) is 15.1. The van der Waals surface area contributed by atoms with E-state index in [0.717, 1.165) is 62.7 Å². The van der Waals surface area contributed by atoms with Gasteiger partial charge in [0.15, 0.2) is 0 Å². The van der Waals surface area contributed by atoms with E-state index in [1.165, 1.54) is 99.0 Å². The van der Waals surface area contributed by atoms with Gasteiger partial charge in [-0.3, -0.25) is 0 Å². The Hall–Kier alpha value is -7.30. The van der Waals surface area contributed by atoms with E-state index in [2.05, 4.69) is 183 Å². The zero-order valence-corrected chi connectivity index (χ0v) is 41.6. The Morgan fingerprint density at radius 2 is 0.833 bits per heavy atom. The van der Waals surface area contributed by atoms with Crippen LogP contribution in [-0.2, 0) is 10.8 Å². The maximum atomic E-state index is 15.1. The van der Waals surface area contributed by atoms with Crippen LogP contribution in [0.3, 0.4) is 0 Å². The molecule has 14 rings (SSSR count). The Labute approximate surface area is 421 Å². The molecule has 10 aromatic carbocycles. The molecule has 72 heavy (non-hydrogen) atoms. The second-order valence-electron chi connectivity index (χ2n) is 22.5. The summed E-state index contributed by atoms with van der Waals surface area (Å²) in [6, 6.07) is 65.1. The maximum absolute atomic E-state index is 15.1. The molecule has 4 atom stereocenters. The standard InChI is InChI=1S/C68H58F2N2/c1-65-32-12-14-34-67(65,3)71(49-23-16-21-47(69)39-49)61-30-28-45(37-59(61)65)63-52-26-10-11-27-53(52)64(58-42-56-54(43-18-6-5-7-19-43)36-44-20-8-9-25-51(44)55(56)41-57(58)63)46-29-31-62-60(38-46)66(2)33-13-15-35-68(66,4)72(62)50-24-17-22-48(70)40-50/h5-11,16-31,36-42H,12-15,32-35H2,1-4H3. The monoisotopic (exact) mass is 940 g/mol. The van der Waals surface area contributed by atoms with Crippen LogP contribution in [0.4, 0.5) is 31.5 Å². The Bertz CT molecular complexity index is 3900. The number of fused-ring (bicyclic) bond motifs is 11. The molecular formula is C68H58F2N2. The zero-order chi connectivity index (χ0) is 48.7. The van der Waals surface area contributed by atoms with E-state index in [1.807, 2.05) is 12.1 Å². The molecular weight excluding hydrogens is 883 g/mol. The highest BCUT2D eigenvalue weighted by molar-refractivity contribution is 6.27. The topological polar surface area (TPSA) is 6.48 Å². The minimum absolute atomic E-state index is 0.157. The van der Waals surface area contributed by atoms with E-state index < -0.39 is 0 Å². The normalized spacial score (nSPS) is 23.4. The van der Waals surface area contributed by atoms with Crippen molar-refractivity contribution in [2.45, 2.75) is 101 Å². The van der Waals surface area contributed by atoms with Crippen LogP contribution in [0.25, 0.3) is 76.5 Å². The van der Waals surface area contributed by atoms with Crippen LogP contribution < -0.4 is 9.80 Å². The molecule has 0 radical (unpaired) electrons. The van der Waals surface area contributed by atoms with Crippen LogP contribution in [0, 0.1) is 11.6 Å². The van der Waals surface area contributed by atoms with Gasteiger partial charge in [-0.25, -0.2) is 8.78 Å². The van der Waals surface area contributed by atoms with Crippen molar-refractivity contribution in [2.24, 2.45) is 0 Å². The lowest BCUT2D eigenvalue weighted by molar-refractivity contribution is 0.195. The first-order valence-corrected chi connectivity index (χ1v) is 26.3. The minimum Gasteiger partial charge on any atom is -0.334 e. The van der Waals surface area contributed by atoms with Crippen LogP contribution in [-0.4, -0.2) is 11.1 Å². The summed E-state index contributed by atoms with van der Waals surface area (Å²) >= 11 is 0. The Morgan fingerprint density at radius 1 is 0.361 bits per heavy atom. The third-order valence-corrected chi connectivity index (χ3v) is 19.0. The molecule has 2 fully saturated rings. The van der Waals surface area contributed by atoms with Gasteiger partial charge in [0, 0.05) is 33.6 Å². The van der Waals surface area contributed by atoms with Crippen molar-refractivity contribution in [3.05, 3.63) is 205 Å². The first kappa shape index (κ1) is 43.5. The smallest absolute Gasteiger partial charge is 0.125 e. The molecule has 2 saturated carbocycles. The molecule has 2 nitrogen and oxygen atoms in total. The summed E-state index contributed by atoms with van der Waals surface area (Å²) in [6.07, 6.45) is 8.81. The molecule has 2 heterocycles. The molecule has 4 heteroatoms. The summed E-state index contributed by atoms with van der Waals surface area (Å²) in [6.45, 7) is 9.78. The maximum Gasteiger partial charge on any atom is 0.125 e. The number of hydrogen-bond acceptors (Lipinski definition) is 2. The predicted octanol–water partition coefficient (Wildman–Crippen LogP) is 19.1. The molecule has 4 aliphatic rings. The van der Waals surface area contributed by atoms with E-state index in [0.29, 0.717) is 0 Å². The van der Waals surface area contributed by atoms with E-state index in [-0.39, 0.29) is 33.5 Å². The second kappa shape index (κ2) is 15.6. The number of benzene rings is 10. The summed E-state index contributed by atoms with van der Waals surface area (Å²) in [4.78, 5) is 4.94. The van der Waals surface area contributed by atoms with Gasteiger partial charge in [-0.15, -0.1) is 0 Å².